The summed E-state index contributed by atoms with van der Waals surface area (Å²) in [6.45, 7) is 2.95. The molecule has 2 N–H and O–H groups in total. The van der Waals surface area contributed by atoms with Crippen LogP contribution in [0.15, 0.2) is 41.6 Å². The van der Waals surface area contributed by atoms with Gasteiger partial charge in [-0.2, -0.15) is 0 Å². The molecular formula is C12H16N2O4. The summed E-state index contributed by atoms with van der Waals surface area (Å²) in [6, 6.07) is 12.0. The van der Waals surface area contributed by atoms with Gasteiger partial charge in [-0.15, -0.1) is 0 Å². The predicted molar refractivity (Wildman–Crippen MR) is 66.5 cm³/mol. The van der Waals surface area contributed by atoms with Gasteiger partial charge in [0, 0.05) is 6.92 Å². The second-order valence-corrected chi connectivity index (χ2v) is 2.93. The van der Waals surface area contributed by atoms with Gasteiger partial charge < -0.3 is 15.3 Å². The summed E-state index contributed by atoms with van der Waals surface area (Å²) in [6.07, 6.45) is 0. The number of benzene rings is 1. The fraction of sp³-hybridized carbons (Fsp3) is 0.250. The van der Waals surface area contributed by atoms with E-state index in [0.29, 0.717) is 0 Å². The second-order valence-electron chi connectivity index (χ2n) is 2.93. The molecule has 0 radical (unpaired) electrons. The standard InChI is InChI=1S/C6H10N2O4.C6H6/c1-3-11-6(10)5(7)8-12-4(2)9;1-2-4-6-5-3-1/h3H2,1-2H3,(H2,7,8);1-6H. The minimum absolute atomic E-state index is 0.190. The Kier molecular flexibility index (Phi) is 8.53. The van der Waals surface area contributed by atoms with Crippen LogP contribution in [0, 0.1) is 0 Å². The van der Waals surface area contributed by atoms with Crippen LogP contribution in [0.2, 0.25) is 0 Å². The van der Waals surface area contributed by atoms with Crippen molar-refractivity contribution in [1.29, 1.82) is 0 Å². The monoisotopic (exact) mass is 252 g/mol. The molecule has 0 aromatic heterocycles. The Hall–Kier alpha value is -2.37. The van der Waals surface area contributed by atoms with Crippen molar-refractivity contribution in [2.45, 2.75) is 13.8 Å². The van der Waals surface area contributed by atoms with E-state index >= 15 is 0 Å². The van der Waals surface area contributed by atoms with E-state index < -0.39 is 17.8 Å². The Morgan fingerprint density at radius 3 is 1.89 bits per heavy atom. The number of nitrogens with zero attached hydrogens (tertiary/aromatic N) is 1. The highest BCUT2D eigenvalue weighted by atomic mass is 16.7. The fourth-order valence-corrected chi connectivity index (χ4v) is 0.741. The third-order valence-electron chi connectivity index (χ3n) is 1.42. The zero-order chi connectivity index (χ0) is 13.8. The Morgan fingerprint density at radius 1 is 1.11 bits per heavy atom. The topological polar surface area (TPSA) is 91.0 Å². The third kappa shape index (κ3) is 8.90. The zero-order valence-electron chi connectivity index (χ0n) is 10.3. The van der Waals surface area contributed by atoms with Crippen LogP contribution in [0.3, 0.4) is 0 Å². The fourth-order valence-electron chi connectivity index (χ4n) is 0.741. The van der Waals surface area contributed by atoms with Gasteiger partial charge >= 0.3 is 11.9 Å². The lowest BCUT2D eigenvalue weighted by Crippen LogP contribution is -2.26. The summed E-state index contributed by atoms with van der Waals surface area (Å²) in [5.74, 6) is -1.94. The molecule has 1 aromatic carbocycles. The first-order chi connectivity index (χ1) is 8.57. The molecule has 98 valence electrons. The average molecular weight is 252 g/mol. The zero-order valence-corrected chi connectivity index (χ0v) is 10.3. The predicted octanol–water partition coefficient (Wildman–Crippen LogP) is 1.07. The first-order valence-electron chi connectivity index (χ1n) is 5.26. The van der Waals surface area contributed by atoms with E-state index in [9.17, 15) is 9.59 Å². The third-order valence-corrected chi connectivity index (χ3v) is 1.42. The number of esters is 1. The molecule has 0 spiro atoms. The molecule has 1 aromatic rings. The summed E-state index contributed by atoms with van der Waals surface area (Å²) in [4.78, 5) is 25.0. The van der Waals surface area contributed by atoms with E-state index in [4.69, 9.17) is 5.73 Å². The molecule has 0 heterocycles. The number of hydrogen-bond donors (Lipinski definition) is 1. The van der Waals surface area contributed by atoms with Gasteiger partial charge in [-0.05, 0) is 6.92 Å². The second kappa shape index (κ2) is 9.83. The maximum absolute atomic E-state index is 10.7. The Labute approximate surface area is 105 Å². The molecule has 0 atom stereocenters. The van der Waals surface area contributed by atoms with Gasteiger partial charge in [-0.3, -0.25) is 0 Å². The Bertz CT molecular complexity index is 364. The van der Waals surface area contributed by atoms with Gasteiger partial charge in [0.05, 0.1) is 6.61 Å². The molecule has 0 bridgehead atoms. The normalized spacial score (nSPS) is 9.78. The molecule has 1 rings (SSSR count). The molecule has 0 aliphatic carbocycles. The highest BCUT2D eigenvalue weighted by Crippen LogP contribution is 1.82. The minimum atomic E-state index is -0.807. The largest absolute Gasteiger partial charge is 0.460 e. The van der Waals surface area contributed by atoms with Crippen LogP contribution in [-0.4, -0.2) is 24.4 Å². The van der Waals surface area contributed by atoms with E-state index in [1.807, 2.05) is 36.4 Å². The lowest BCUT2D eigenvalue weighted by atomic mass is 10.4. The summed E-state index contributed by atoms with van der Waals surface area (Å²) in [5.41, 5.74) is 5.05. The van der Waals surface area contributed by atoms with Crippen molar-refractivity contribution in [3.8, 4) is 0 Å². The molecule has 0 saturated carbocycles. The van der Waals surface area contributed by atoms with Crippen molar-refractivity contribution in [1.82, 2.24) is 0 Å². The Balaban J connectivity index is 0.000000397. The molecule has 0 aliphatic heterocycles. The first kappa shape index (κ1) is 15.6. The maximum Gasteiger partial charge on any atom is 0.377 e. The molecule has 6 heteroatoms. The first-order valence-corrected chi connectivity index (χ1v) is 5.26. The lowest BCUT2D eigenvalue weighted by Gasteiger charge is -1.98. The van der Waals surface area contributed by atoms with Crippen molar-refractivity contribution < 1.29 is 19.2 Å². The number of hydrogen-bond acceptors (Lipinski definition) is 5. The quantitative estimate of drug-likeness (QED) is 0.279. The smallest absolute Gasteiger partial charge is 0.377 e. The number of ether oxygens (including phenoxy) is 1. The van der Waals surface area contributed by atoms with Crippen LogP contribution in [0.4, 0.5) is 0 Å². The van der Waals surface area contributed by atoms with Gasteiger partial charge in [0.2, 0.25) is 5.84 Å². The van der Waals surface area contributed by atoms with Gasteiger partial charge in [0.25, 0.3) is 0 Å². The van der Waals surface area contributed by atoms with Gasteiger partial charge in [0.15, 0.2) is 0 Å². The van der Waals surface area contributed by atoms with E-state index in [1.165, 1.54) is 0 Å². The molecule has 0 saturated heterocycles. The molecule has 0 amide bonds. The number of rotatable bonds is 2. The lowest BCUT2D eigenvalue weighted by molar-refractivity contribution is -0.141. The van der Waals surface area contributed by atoms with Crippen molar-refractivity contribution in [2.24, 2.45) is 10.9 Å². The van der Waals surface area contributed by atoms with E-state index in [2.05, 4.69) is 14.7 Å². The average Bonchev–Trinajstić information content (AvgIpc) is 2.39. The van der Waals surface area contributed by atoms with Crippen molar-refractivity contribution >= 4 is 17.8 Å². The van der Waals surface area contributed by atoms with Crippen LogP contribution in [-0.2, 0) is 19.2 Å². The SMILES string of the molecule is CCOC(=O)C(N)=NOC(C)=O.c1ccccc1. The highest BCUT2D eigenvalue weighted by Gasteiger charge is 2.08. The number of nitrogens with two attached hydrogens (primary N) is 1. The summed E-state index contributed by atoms with van der Waals surface area (Å²) >= 11 is 0. The van der Waals surface area contributed by atoms with Crippen LogP contribution in [0.25, 0.3) is 0 Å². The Morgan fingerprint density at radius 2 is 1.56 bits per heavy atom. The number of oxime groups is 1. The van der Waals surface area contributed by atoms with Gasteiger partial charge in [0.1, 0.15) is 0 Å². The molecule has 18 heavy (non-hydrogen) atoms. The van der Waals surface area contributed by atoms with Crippen LogP contribution >= 0.6 is 0 Å². The van der Waals surface area contributed by atoms with Gasteiger partial charge in [-0.1, -0.05) is 41.6 Å². The van der Waals surface area contributed by atoms with E-state index in [0.717, 1.165) is 6.92 Å². The number of carbonyl (C=O) groups is 2. The van der Waals surface area contributed by atoms with Crippen LogP contribution in [0.1, 0.15) is 13.8 Å². The van der Waals surface area contributed by atoms with Crippen molar-refractivity contribution in [2.75, 3.05) is 6.61 Å². The van der Waals surface area contributed by atoms with Crippen molar-refractivity contribution in [3.63, 3.8) is 0 Å². The highest BCUT2D eigenvalue weighted by molar-refractivity contribution is 6.34. The number of amidine groups is 1. The molecule has 0 fully saturated rings. The molecule has 0 unspecified atom stereocenters. The van der Waals surface area contributed by atoms with Crippen molar-refractivity contribution in [3.05, 3.63) is 36.4 Å². The maximum atomic E-state index is 10.7. The summed E-state index contributed by atoms with van der Waals surface area (Å²) in [5, 5.41) is 3.01. The van der Waals surface area contributed by atoms with Crippen LogP contribution in [0.5, 0.6) is 0 Å². The summed E-state index contributed by atoms with van der Waals surface area (Å²) in [7, 11) is 0. The molecule has 0 aliphatic rings. The number of carbonyl (C=O) groups excluding carboxylic acids is 2. The van der Waals surface area contributed by atoms with Gasteiger partial charge in [-0.25, -0.2) is 9.59 Å². The molecular weight excluding hydrogens is 236 g/mol. The molecule has 6 nitrogen and oxygen atoms in total. The summed E-state index contributed by atoms with van der Waals surface area (Å²) < 4.78 is 4.45. The van der Waals surface area contributed by atoms with E-state index in [-0.39, 0.29) is 6.61 Å². The van der Waals surface area contributed by atoms with E-state index in [1.54, 1.807) is 6.92 Å². The minimum Gasteiger partial charge on any atom is -0.460 e. The van der Waals surface area contributed by atoms with Crippen LogP contribution < -0.4 is 5.73 Å².